The van der Waals surface area contributed by atoms with Crippen molar-refractivity contribution in [1.82, 2.24) is 5.32 Å². The second kappa shape index (κ2) is 4.86. The highest BCUT2D eigenvalue weighted by atomic mass is 19.1. The molecular formula is C14H9FN2O4. The van der Waals surface area contributed by atoms with Crippen LogP contribution in [-0.2, 0) is 0 Å². The van der Waals surface area contributed by atoms with Gasteiger partial charge in [0.15, 0.2) is 0 Å². The molecule has 1 aliphatic heterocycles. The van der Waals surface area contributed by atoms with Gasteiger partial charge in [-0.3, -0.25) is 14.9 Å². The molecule has 0 aromatic heterocycles. The van der Waals surface area contributed by atoms with E-state index < -0.39 is 22.9 Å². The van der Waals surface area contributed by atoms with Gasteiger partial charge in [-0.05, 0) is 18.2 Å². The van der Waals surface area contributed by atoms with E-state index in [-0.39, 0.29) is 11.3 Å². The zero-order valence-electron chi connectivity index (χ0n) is 10.6. The normalized spacial score (nSPS) is 16.6. The molecule has 1 heterocycles. The van der Waals surface area contributed by atoms with Gasteiger partial charge in [0.05, 0.1) is 16.1 Å². The highest BCUT2D eigenvalue weighted by molar-refractivity contribution is 5.98. The van der Waals surface area contributed by atoms with Crippen LogP contribution in [0.2, 0.25) is 0 Å². The molecule has 6 nitrogen and oxygen atoms in total. The fraction of sp³-hybridized carbons (Fsp3) is 0.0714. The maximum absolute atomic E-state index is 13.9. The molecule has 2 aromatic carbocycles. The van der Waals surface area contributed by atoms with Crippen molar-refractivity contribution >= 4 is 11.6 Å². The predicted octanol–water partition coefficient (Wildman–Crippen LogP) is 2.55. The molecular weight excluding hydrogens is 279 g/mol. The van der Waals surface area contributed by atoms with Crippen LogP contribution in [0.15, 0.2) is 42.5 Å². The van der Waals surface area contributed by atoms with Crippen LogP contribution in [0.4, 0.5) is 10.1 Å². The summed E-state index contributed by atoms with van der Waals surface area (Å²) >= 11 is 0. The highest BCUT2D eigenvalue weighted by Gasteiger charge is 2.29. The van der Waals surface area contributed by atoms with E-state index in [4.69, 9.17) is 4.74 Å². The molecule has 3 rings (SSSR count). The van der Waals surface area contributed by atoms with Crippen molar-refractivity contribution < 1.29 is 18.8 Å². The van der Waals surface area contributed by atoms with Gasteiger partial charge >= 0.3 is 0 Å². The first-order valence-electron chi connectivity index (χ1n) is 6.06. The highest BCUT2D eigenvalue weighted by Crippen LogP contribution is 2.31. The number of nitro benzene ring substituents is 1. The van der Waals surface area contributed by atoms with E-state index in [0.717, 1.165) is 18.2 Å². The minimum atomic E-state index is -1.10. The van der Waals surface area contributed by atoms with Gasteiger partial charge in [0.2, 0.25) is 6.23 Å². The third-order valence-corrected chi connectivity index (χ3v) is 3.11. The molecule has 106 valence electrons. The first-order chi connectivity index (χ1) is 10.1. The summed E-state index contributed by atoms with van der Waals surface area (Å²) in [6.07, 6.45) is -1.10. The number of halogens is 1. The molecule has 1 amide bonds. The van der Waals surface area contributed by atoms with Crippen molar-refractivity contribution in [2.75, 3.05) is 0 Å². The number of nitro groups is 1. The number of hydrogen-bond acceptors (Lipinski definition) is 4. The monoisotopic (exact) mass is 288 g/mol. The number of rotatable bonds is 2. The van der Waals surface area contributed by atoms with Crippen molar-refractivity contribution in [2.45, 2.75) is 6.23 Å². The third-order valence-electron chi connectivity index (χ3n) is 3.11. The van der Waals surface area contributed by atoms with Crippen LogP contribution in [0.1, 0.15) is 22.1 Å². The molecule has 0 spiro atoms. The Kier molecular flexibility index (Phi) is 3.02. The number of para-hydroxylation sites is 1. The molecule has 1 aliphatic rings. The lowest BCUT2D eigenvalue weighted by molar-refractivity contribution is -0.385. The van der Waals surface area contributed by atoms with E-state index in [0.29, 0.717) is 11.3 Å². The summed E-state index contributed by atoms with van der Waals surface area (Å²) in [7, 11) is 0. The summed E-state index contributed by atoms with van der Waals surface area (Å²) in [5.74, 6) is -0.810. The van der Waals surface area contributed by atoms with E-state index in [2.05, 4.69) is 5.32 Å². The molecule has 0 radical (unpaired) electrons. The molecule has 21 heavy (non-hydrogen) atoms. The van der Waals surface area contributed by atoms with Gasteiger partial charge < -0.3 is 10.1 Å². The van der Waals surface area contributed by atoms with Crippen LogP contribution < -0.4 is 10.1 Å². The quantitative estimate of drug-likeness (QED) is 0.680. The maximum atomic E-state index is 13.9. The van der Waals surface area contributed by atoms with Crippen LogP contribution in [0.3, 0.4) is 0 Å². The average molecular weight is 288 g/mol. The second-order valence-electron chi connectivity index (χ2n) is 4.43. The average Bonchev–Trinajstić information content (AvgIpc) is 2.47. The van der Waals surface area contributed by atoms with Crippen LogP contribution in [0.25, 0.3) is 0 Å². The Hall–Kier alpha value is -2.96. The lowest BCUT2D eigenvalue weighted by Crippen LogP contribution is -2.37. The fourth-order valence-corrected chi connectivity index (χ4v) is 2.10. The van der Waals surface area contributed by atoms with Crippen molar-refractivity contribution in [3.05, 3.63) is 69.5 Å². The largest absolute Gasteiger partial charge is 0.465 e. The Morgan fingerprint density at radius 3 is 2.76 bits per heavy atom. The Morgan fingerprint density at radius 1 is 1.24 bits per heavy atom. The fourth-order valence-electron chi connectivity index (χ4n) is 2.10. The second-order valence-corrected chi connectivity index (χ2v) is 4.43. The Bertz CT molecular complexity index is 748. The number of nitrogens with one attached hydrogen (secondary N) is 1. The van der Waals surface area contributed by atoms with E-state index in [1.807, 2.05) is 0 Å². The summed E-state index contributed by atoms with van der Waals surface area (Å²) in [4.78, 5) is 22.1. The molecule has 0 saturated heterocycles. The summed E-state index contributed by atoms with van der Waals surface area (Å²) in [5.41, 5.74) is -0.0326. The number of carbonyl (C=O) groups is 1. The van der Waals surface area contributed by atoms with Gasteiger partial charge in [-0.15, -0.1) is 0 Å². The van der Waals surface area contributed by atoms with Crippen LogP contribution >= 0.6 is 0 Å². The predicted molar refractivity (Wildman–Crippen MR) is 70.3 cm³/mol. The van der Waals surface area contributed by atoms with Gasteiger partial charge in [0.25, 0.3) is 11.6 Å². The number of benzene rings is 2. The first kappa shape index (κ1) is 13.0. The van der Waals surface area contributed by atoms with Gasteiger partial charge in [-0.25, -0.2) is 4.39 Å². The standard InChI is InChI=1S/C14H9FN2O4/c15-11-6-5-8(17(19)20)7-10(11)14-16-13(18)9-3-1-2-4-12(9)21-14/h1-7,14H,(H,16,18)/t14-/m0/s1. The number of amides is 1. The van der Waals surface area contributed by atoms with Gasteiger partial charge in [-0.2, -0.15) is 0 Å². The first-order valence-corrected chi connectivity index (χ1v) is 6.06. The van der Waals surface area contributed by atoms with Crippen molar-refractivity contribution in [2.24, 2.45) is 0 Å². The molecule has 1 atom stereocenters. The Labute approximate surface area is 118 Å². The molecule has 0 bridgehead atoms. The SMILES string of the molecule is O=C1N[C@H](c2cc([N+](=O)[O-])ccc2F)Oc2ccccc21. The van der Waals surface area contributed by atoms with E-state index in [9.17, 15) is 19.3 Å². The Morgan fingerprint density at radius 2 is 2.00 bits per heavy atom. The van der Waals surface area contributed by atoms with Crippen LogP contribution in [-0.4, -0.2) is 10.8 Å². The lowest BCUT2D eigenvalue weighted by atomic mass is 10.1. The topological polar surface area (TPSA) is 81.5 Å². The zero-order valence-corrected chi connectivity index (χ0v) is 10.6. The number of fused-ring (bicyclic) bond motifs is 1. The summed E-state index contributed by atoms with van der Waals surface area (Å²) in [6, 6.07) is 9.59. The molecule has 2 aromatic rings. The minimum Gasteiger partial charge on any atom is -0.465 e. The van der Waals surface area contributed by atoms with Gasteiger partial charge in [-0.1, -0.05) is 12.1 Å². The van der Waals surface area contributed by atoms with Crippen molar-refractivity contribution in [1.29, 1.82) is 0 Å². The number of ether oxygens (including phenoxy) is 1. The van der Waals surface area contributed by atoms with Crippen molar-refractivity contribution in [3.8, 4) is 5.75 Å². The summed E-state index contributed by atoms with van der Waals surface area (Å²) in [5, 5.41) is 13.2. The van der Waals surface area contributed by atoms with Crippen LogP contribution in [0, 0.1) is 15.9 Å². The number of carbonyl (C=O) groups excluding carboxylic acids is 1. The summed E-state index contributed by atoms with van der Waals surface area (Å²) in [6.45, 7) is 0. The smallest absolute Gasteiger partial charge is 0.270 e. The molecule has 0 fully saturated rings. The number of hydrogen-bond donors (Lipinski definition) is 1. The lowest BCUT2D eigenvalue weighted by Gasteiger charge is -2.27. The third kappa shape index (κ3) is 2.29. The Balaban J connectivity index is 2.01. The molecule has 7 heteroatoms. The molecule has 1 N–H and O–H groups in total. The number of nitrogens with zero attached hydrogens (tertiary/aromatic N) is 1. The maximum Gasteiger partial charge on any atom is 0.270 e. The molecule has 0 aliphatic carbocycles. The van der Waals surface area contributed by atoms with Crippen molar-refractivity contribution in [3.63, 3.8) is 0 Å². The molecule has 0 saturated carbocycles. The van der Waals surface area contributed by atoms with Crippen LogP contribution in [0.5, 0.6) is 5.75 Å². The van der Waals surface area contributed by atoms with E-state index in [1.54, 1.807) is 24.3 Å². The molecule has 0 unspecified atom stereocenters. The van der Waals surface area contributed by atoms with E-state index in [1.165, 1.54) is 0 Å². The number of non-ortho nitro benzene ring substituents is 1. The minimum absolute atomic E-state index is 0.0907. The van der Waals surface area contributed by atoms with E-state index >= 15 is 0 Å². The van der Waals surface area contributed by atoms with Gasteiger partial charge in [0.1, 0.15) is 11.6 Å². The zero-order chi connectivity index (χ0) is 15.0. The van der Waals surface area contributed by atoms with Gasteiger partial charge in [0, 0.05) is 12.1 Å². The summed E-state index contributed by atoms with van der Waals surface area (Å²) < 4.78 is 19.4.